The first kappa shape index (κ1) is 23.9. The van der Waals surface area contributed by atoms with Crippen LogP contribution in [-0.4, -0.2) is 46.6 Å². The number of ketones is 1. The van der Waals surface area contributed by atoms with Crippen molar-refractivity contribution in [2.45, 2.75) is 45.6 Å². The molecule has 1 saturated heterocycles. The number of nitrogens with one attached hydrogen (secondary N) is 2. The van der Waals surface area contributed by atoms with Crippen molar-refractivity contribution < 1.29 is 14.4 Å². The van der Waals surface area contributed by atoms with Gasteiger partial charge in [-0.05, 0) is 50.3 Å². The second-order valence-corrected chi connectivity index (χ2v) is 7.85. The Hall–Kier alpha value is -3.35. The van der Waals surface area contributed by atoms with Gasteiger partial charge in [-0.1, -0.05) is 30.4 Å². The average Bonchev–Trinajstić information content (AvgIpc) is 3.26. The number of rotatable bonds is 9. The number of nitrogens with zero attached hydrogens (tertiary/aromatic N) is 1. The lowest BCUT2D eigenvalue weighted by Crippen LogP contribution is -2.52. The zero-order chi connectivity index (χ0) is 22.8. The second kappa shape index (κ2) is 11.7. The van der Waals surface area contributed by atoms with Crippen LogP contribution in [-0.2, 0) is 14.4 Å². The minimum Gasteiger partial charge on any atom is -0.402 e. The van der Waals surface area contributed by atoms with Crippen molar-refractivity contribution in [1.29, 1.82) is 0 Å². The average molecular weight is 425 g/mol. The highest BCUT2D eigenvalue weighted by molar-refractivity contribution is 6.04. The zero-order valence-electron chi connectivity index (χ0n) is 18.3. The molecular formula is C24H32N4O3. The van der Waals surface area contributed by atoms with Crippen molar-refractivity contribution in [2.75, 3.05) is 13.1 Å². The molecule has 7 heteroatoms. The maximum atomic E-state index is 12.7. The summed E-state index contributed by atoms with van der Waals surface area (Å²) in [6, 6.07) is 1.40. The highest BCUT2D eigenvalue weighted by Crippen LogP contribution is 2.19. The summed E-state index contributed by atoms with van der Waals surface area (Å²) in [5, 5.41) is 2.91. The number of hydrogen-bond donors (Lipinski definition) is 3. The van der Waals surface area contributed by atoms with Crippen molar-refractivity contribution in [3.8, 4) is 0 Å². The van der Waals surface area contributed by atoms with Crippen LogP contribution in [0.4, 0.5) is 0 Å². The predicted molar refractivity (Wildman–Crippen MR) is 123 cm³/mol. The molecule has 31 heavy (non-hydrogen) atoms. The van der Waals surface area contributed by atoms with Crippen LogP contribution in [0.5, 0.6) is 0 Å². The van der Waals surface area contributed by atoms with Crippen molar-refractivity contribution in [2.24, 2.45) is 5.73 Å². The number of carbonyl (C=O) groups is 3. The molecule has 1 aliphatic rings. The summed E-state index contributed by atoms with van der Waals surface area (Å²) in [4.78, 5) is 41.7. The second-order valence-electron chi connectivity index (χ2n) is 7.85. The first-order valence-corrected chi connectivity index (χ1v) is 10.5. The van der Waals surface area contributed by atoms with Crippen molar-refractivity contribution in [3.05, 3.63) is 66.2 Å². The molecule has 2 heterocycles. The quantitative estimate of drug-likeness (QED) is 0.322. The summed E-state index contributed by atoms with van der Waals surface area (Å²) in [5.41, 5.74) is 8.74. The van der Waals surface area contributed by atoms with E-state index in [-0.39, 0.29) is 24.0 Å². The number of amides is 2. The van der Waals surface area contributed by atoms with E-state index in [0.29, 0.717) is 25.2 Å². The Morgan fingerprint density at radius 2 is 2.10 bits per heavy atom. The van der Waals surface area contributed by atoms with Gasteiger partial charge in [-0.25, -0.2) is 0 Å². The summed E-state index contributed by atoms with van der Waals surface area (Å²) in [6.45, 7) is 8.40. The Kier molecular flexibility index (Phi) is 9.06. The van der Waals surface area contributed by atoms with Gasteiger partial charge in [0, 0.05) is 37.3 Å². The van der Waals surface area contributed by atoms with Gasteiger partial charge in [0.25, 0.3) is 0 Å². The molecule has 2 amide bonds. The highest BCUT2D eigenvalue weighted by atomic mass is 16.2. The fraction of sp³-hybridized carbons (Fsp3) is 0.375. The molecule has 1 atom stereocenters. The fourth-order valence-corrected chi connectivity index (χ4v) is 3.41. The SMILES string of the molecule is C=C(/C=C\C=C(/C)CNC(=O)C1CCCCN1C(=O)CC(=O)C=C(C)N)c1cc[nH]c1. The number of hydrogen-bond acceptors (Lipinski definition) is 4. The van der Waals surface area contributed by atoms with Crippen LogP contribution in [0.25, 0.3) is 5.57 Å². The van der Waals surface area contributed by atoms with Gasteiger partial charge in [-0.15, -0.1) is 0 Å². The maximum absolute atomic E-state index is 12.7. The number of carbonyl (C=O) groups excluding carboxylic acids is 3. The third-order valence-electron chi connectivity index (χ3n) is 5.03. The Morgan fingerprint density at radius 3 is 2.77 bits per heavy atom. The summed E-state index contributed by atoms with van der Waals surface area (Å²) in [6.07, 6.45) is 12.7. The molecule has 1 aromatic rings. The van der Waals surface area contributed by atoms with E-state index in [9.17, 15) is 14.4 Å². The minimum atomic E-state index is -0.547. The molecule has 0 saturated carbocycles. The molecular weight excluding hydrogens is 392 g/mol. The van der Waals surface area contributed by atoms with Gasteiger partial charge < -0.3 is 20.9 Å². The highest BCUT2D eigenvalue weighted by Gasteiger charge is 2.32. The Bertz CT molecular complexity index is 890. The third kappa shape index (κ3) is 7.77. The molecule has 0 radical (unpaired) electrons. The molecule has 7 nitrogen and oxygen atoms in total. The number of H-pyrrole nitrogens is 1. The molecule has 0 bridgehead atoms. The van der Waals surface area contributed by atoms with Crippen molar-refractivity contribution >= 4 is 23.2 Å². The van der Waals surface area contributed by atoms with Crippen molar-refractivity contribution in [1.82, 2.24) is 15.2 Å². The number of nitrogens with two attached hydrogens (primary N) is 1. The Balaban J connectivity index is 1.89. The van der Waals surface area contributed by atoms with Gasteiger partial charge in [-0.3, -0.25) is 14.4 Å². The van der Waals surface area contributed by atoms with Gasteiger partial charge in [-0.2, -0.15) is 0 Å². The topological polar surface area (TPSA) is 108 Å². The monoisotopic (exact) mass is 424 g/mol. The molecule has 0 aromatic carbocycles. The molecule has 4 N–H and O–H groups in total. The van der Waals surface area contributed by atoms with Gasteiger partial charge >= 0.3 is 0 Å². The fourth-order valence-electron chi connectivity index (χ4n) is 3.41. The van der Waals surface area contributed by atoms with E-state index in [1.165, 1.54) is 11.0 Å². The maximum Gasteiger partial charge on any atom is 0.243 e. The van der Waals surface area contributed by atoms with Gasteiger partial charge in [0.05, 0.1) is 6.42 Å². The smallest absolute Gasteiger partial charge is 0.243 e. The molecule has 2 rings (SSSR count). The van der Waals surface area contributed by atoms with E-state index in [1.807, 2.05) is 43.6 Å². The molecule has 166 valence electrons. The van der Waals surface area contributed by atoms with Gasteiger partial charge in [0.15, 0.2) is 5.78 Å². The lowest BCUT2D eigenvalue weighted by atomic mass is 10.00. The van der Waals surface area contributed by atoms with E-state index in [2.05, 4.69) is 16.9 Å². The Labute approximate surface area is 183 Å². The lowest BCUT2D eigenvalue weighted by molar-refractivity contribution is -0.143. The number of likely N-dealkylation sites (tertiary alicyclic amines) is 1. The summed E-state index contributed by atoms with van der Waals surface area (Å²) in [5.74, 6) is -0.873. The Morgan fingerprint density at radius 1 is 1.32 bits per heavy atom. The van der Waals surface area contributed by atoms with Crippen molar-refractivity contribution in [3.63, 3.8) is 0 Å². The summed E-state index contributed by atoms with van der Waals surface area (Å²) in [7, 11) is 0. The third-order valence-corrected chi connectivity index (χ3v) is 5.03. The predicted octanol–water partition coefficient (Wildman–Crippen LogP) is 2.85. The molecule has 1 fully saturated rings. The molecule has 0 spiro atoms. The number of piperidine rings is 1. The zero-order valence-corrected chi connectivity index (χ0v) is 18.3. The normalized spacial score (nSPS) is 17.6. The largest absolute Gasteiger partial charge is 0.402 e. The number of aromatic amines is 1. The molecule has 0 aliphatic carbocycles. The van der Waals surface area contributed by atoms with Crippen LogP contribution in [0.15, 0.2) is 60.6 Å². The van der Waals surface area contributed by atoms with Crippen LogP contribution in [0.3, 0.4) is 0 Å². The van der Waals surface area contributed by atoms with E-state index < -0.39 is 6.04 Å². The number of aromatic nitrogens is 1. The van der Waals surface area contributed by atoms with Crippen LogP contribution < -0.4 is 11.1 Å². The first-order valence-electron chi connectivity index (χ1n) is 10.5. The first-order chi connectivity index (χ1) is 14.8. The van der Waals surface area contributed by atoms with Crippen LogP contribution in [0, 0.1) is 0 Å². The number of allylic oxidation sites excluding steroid dienone is 6. The van der Waals surface area contributed by atoms with Gasteiger partial charge in [0.2, 0.25) is 11.8 Å². The van der Waals surface area contributed by atoms with Crippen LogP contribution in [0.2, 0.25) is 0 Å². The summed E-state index contributed by atoms with van der Waals surface area (Å²) < 4.78 is 0. The molecule has 1 aromatic heterocycles. The van der Waals surface area contributed by atoms with Gasteiger partial charge in [0.1, 0.15) is 6.04 Å². The molecule has 1 aliphatic heterocycles. The molecule has 1 unspecified atom stereocenters. The summed E-state index contributed by atoms with van der Waals surface area (Å²) >= 11 is 0. The van der Waals surface area contributed by atoms with E-state index in [0.717, 1.165) is 29.6 Å². The standard InChI is InChI=1S/C24H32N4O3/c1-17(7-6-8-18(2)20-10-11-26-16-20)15-27-24(31)22-9-4-5-12-28(22)23(30)14-21(29)13-19(3)25/h6-8,10-11,13,16,22,26H,2,4-5,9,12,14-15,25H2,1,3H3,(H,27,31)/b8-6-,17-7+,19-13?. The van der Waals surface area contributed by atoms with Crippen LogP contribution in [0.1, 0.15) is 45.1 Å². The van der Waals surface area contributed by atoms with E-state index in [4.69, 9.17) is 5.73 Å². The lowest BCUT2D eigenvalue weighted by Gasteiger charge is -2.34. The van der Waals surface area contributed by atoms with Crippen LogP contribution >= 0.6 is 0 Å². The van der Waals surface area contributed by atoms with E-state index >= 15 is 0 Å². The van der Waals surface area contributed by atoms with E-state index in [1.54, 1.807) is 6.92 Å². The minimum absolute atomic E-state index is 0.195.